The number of aromatic nitrogens is 3. The molecule has 2 aromatic carbocycles. The lowest BCUT2D eigenvalue weighted by molar-refractivity contribution is 0.102. The van der Waals surface area contributed by atoms with E-state index in [0.29, 0.717) is 39.5 Å². The number of carbonyl (C=O) groups excluding carboxylic acids is 1. The summed E-state index contributed by atoms with van der Waals surface area (Å²) in [6.07, 6.45) is 1.51. The van der Waals surface area contributed by atoms with Gasteiger partial charge in [-0.05, 0) is 48.5 Å². The summed E-state index contributed by atoms with van der Waals surface area (Å²) in [4.78, 5) is 33.6. The summed E-state index contributed by atoms with van der Waals surface area (Å²) in [6, 6.07) is 14.1. The maximum absolute atomic E-state index is 12.5. The molecule has 29 heavy (non-hydrogen) atoms. The van der Waals surface area contributed by atoms with Crippen molar-refractivity contribution in [2.45, 2.75) is 0 Å². The Kier molecular flexibility index (Phi) is 4.74. The molecule has 0 saturated heterocycles. The van der Waals surface area contributed by atoms with E-state index in [2.05, 4.69) is 20.3 Å². The minimum absolute atomic E-state index is 0.293. The number of hydrogen-bond acceptors (Lipinski definition) is 5. The first-order chi connectivity index (χ1) is 14.1. The number of nitrogens with one attached hydrogen (secondary N) is 3. The van der Waals surface area contributed by atoms with E-state index in [-0.39, 0.29) is 11.6 Å². The molecule has 2 aromatic heterocycles. The van der Waals surface area contributed by atoms with Crippen LogP contribution < -0.4 is 20.5 Å². The zero-order valence-electron chi connectivity index (χ0n) is 15.8. The van der Waals surface area contributed by atoms with Crippen LogP contribution in [0.25, 0.3) is 22.3 Å². The third-order valence-corrected chi connectivity index (χ3v) is 4.48. The third-order valence-electron chi connectivity index (χ3n) is 4.48. The highest BCUT2D eigenvalue weighted by molar-refractivity contribution is 6.04. The Balaban J connectivity index is 1.53. The zero-order valence-corrected chi connectivity index (χ0v) is 15.8. The maximum Gasteiger partial charge on any atom is 0.323 e. The van der Waals surface area contributed by atoms with Crippen molar-refractivity contribution in [2.24, 2.45) is 0 Å². The smallest absolute Gasteiger partial charge is 0.323 e. The Morgan fingerprint density at radius 1 is 0.931 bits per heavy atom. The van der Waals surface area contributed by atoms with Gasteiger partial charge in [0.25, 0.3) is 5.91 Å². The van der Waals surface area contributed by atoms with Crippen LogP contribution in [0.5, 0.6) is 11.5 Å². The fraction of sp³-hybridized carbons (Fsp3) is 0.0952. The number of pyridine rings is 1. The van der Waals surface area contributed by atoms with Gasteiger partial charge in [0.2, 0.25) is 0 Å². The molecule has 1 amide bonds. The summed E-state index contributed by atoms with van der Waals surface area (Å²) < 4.78 is 10.6. The van der Waals surface area contributed by atoms with Crippen LogP contribution in [-0.4, -0.2) is 35.1 Å². The van der Waals surface area contributed by atoms with Crippen LogP contribution in [-0.2, 0) is 0 Å². The molecule has 4 rings (SSSR count). The molecule has 0 radical (unpaired) electrons. The minimum atomic E-state index is -0.298. The van der Waals surface area contributed by atoms with Crippen molar-refractivity contribution in [1.29, 1.82) is 0 Å². The first kappa shape index (κ1) is 18.3. The molecule has 0 fully saturated rings. The summed E-state index contributed by atoms with van der Waals surface area (Å²) in [5.74, 6) is 0.938. The SMILES string of the molecule is COc1ccc(-c2ccc(C(=O)Nc3ccc4[nH]c(=O)[nH]c4c3)cn2)cc1OC. The van der Waals surface area contributed by atoms with Gasteiger partial charge < -0.3 is 24.8 Å². The molecule has 146 valence electrons. The van der Waals surface area contributed by atoms with E-state index in [1.807, 2.05) is 12.1 Å². The summed E-state index contributed by atoms with van der Waals surface area (Å²) in [5.41, 5.74) is 3.53. The van der Waals surface area contributed by atoms with Gasteiger partial charge in [0.05, 0.1) is 36.5 Å². The van der Waals surface area contributed by atoms with Gasteiger partial charge in [0.1, 0.15) is 0 Å². The number of rotatable bonds is 5. The predicted molar refractivity (Wildman–Crippen MR) is 110 cm³/mol. The second-order valence-corrected chi connectivity index (χ2v) is 6.30. The van der Waals surface area contributed by atoms with Gasteiger partial charge in [-0.2, -0.15) is 0 Å². The Morgan fingerprint density at radius 2 is 1.72 bits per heavy atom. The Hall–Kier alpha value is -4.07. The lowest BCUT2D eigenvalue weighted by Crippen LogP contribution is -2.12. The molecule has 0 spiro atoms. The van der Waals surface area contributed by atoms with Crippen molar-refractivity contribution in [3.63, 3.8) is 0 Å². The standard InChI is InChI=1S/C21H18N4O4/c1-28-18-8-4-12(9-19(18)29-2)15-6-3-13(11-22-15)20(26)23-14-5-7-16-17(10-14)25-21(27)24-16/h3-11H,1-2H3,(H,23,26)(H2,24,25,27). The average Bonchev–Trinajstić information content (AvgIpc) is 3.12. The van der Waals surface area contributed by atoms with Crippen molar-refractivity contribution < 1.29 is 14.3 Å². The average molecular weight is 390 g/mol. The van der Waals surface area contributed by atoms with Crippen LogP contribution in [0, 0.1) is 0 Å². The first-order valence-electron chi connectivity index (χ1n) is 8.79. The molecule has 8 nitrogen and oxygen atoms in total. The largest absolute Gasteiger partial charge is 0.493 e. The van der Waals surface area contributed by atoms with E-state index in [9.17, 15) is 9.59 Å². The number of H-pyrrole nitrogens is 2. The highest BCUT2D eigenvalue weighted by atomic mass is 16.5. The molecule has 0 aliphatic rings. The van der Waals surface area contributed by atoms with Crippen molar-refractivity contribution >= 4 is 22.6 Å². The van der Waals surface area contributed by atoms with E-state index < -0.39 is 0 Å². The molecule has 0 atom stereocenters. The summed E-state index contributed by atoms with van der Waals surface area (Å²) >= 11 is 0. The van der Waals surface area contributed by atoms with E-state index >= 15 is 0 Å². The monoisotopic (exact) mass is 390 g/mol. The number of fused-ring (bicyclic) bond motifs is 1. The van der Waals surface area contributed by atoms with E-state index in [4.69, 9.17) is 9.47 Å². The molecular formula is C21H18N4O4. The number of aromatic amines is 2. The van der Waals surface area contributed by atoms with Crippen molar-refractivity contribution in [3.05, 3.63) is 70.8 Å². The molecule has 4 aromatic rings. The second kappa shape index (κ2) is 7.51. The number of amides is 1. The molecule has 3 N–H and O–H groups in total. The fourth-order valence-corrected chi connectivity index (χ4v) is 3.01. The number of hydrogen-bond donors (Lipinski definition) is 3. The lowest BCUT2D eigenvalue weighted by Gasteiger charge is -2.10. The van der Waals surface area contributed by atoms with E-state index in [0.717, 1.165) is 5.56 Å². The minimum Gasteiger partial charge on any atom is -0.493 e. The second-order valence-electron chi connectivity index (χ2n) is 6.30. The number of imidazole rings is 1. The van der Waals surface area contributed by atoms with Gasteiger partial charge in [-0.25, -0.2) is 4.79 Å². The Morgan fingerprint density at radius 3 is 2.45 bits per heavy atom. The number of benzene rings is 2. The number of nitrogens with zero attached hydrogens (tertiary/aromatic N) is 1. The number of ether oxygens (including phenoxy) is 2. The summed E-state index contributed by atoms with van der Waals surface area (Å²) in [6.45, 7) is 0. The summed E-state index contributed by atoms with van der Waals surface area (Å²) in [7, 11) is 3.15. The van der Waals surface area contributed by atoms with Crippen LogP contribution in [0.3, 0.4) is 0 Å². The van der Waals surface area contributed by atoms with Crippen LogP contribution in [0.2, 0.25) is 0 Å². The highest BCUT2D eigenvalue weighted by Crippen LogP contribution is 2.31. The molecule has 0 aliphatic heterocycles. The predicted octanol–water partition coefficient (Wildman–Crippen LogP) is 3.19. The van der Waals surface area contributed by atoms with Crippen molar-refractivity contribution in [3.8, 4) is 22.8 Å². The molecule has 8 heteroatoms. The molecule has 2 heterocycles. The van der Waals surface area contributed by atoms with Gasteiger partial charge in [0, 0.05) is 17.4 Å². The molecule has 0 bridgehead atoms. The number of carbonyl (C=O) groups is 1. The molecular weight excluding hydrogens is 372 g/mol. The number of anilines is 1. The van der Waals surface area contributed by atoms with Crippen LogP contribution in [0.1, 0.15) is 10.4 Å². The Labute approximate surface area is 165 Å². The van der Waals surface area contributed by atoms with Gasteiger partial charge in [-0.3, -0.25) is 9.78 Å². The van der Waals surface area contributed by atoms with Crippen molar-refractivity contribution in [1.82, 2.24) is 15.0 Å². The van der Waals surface area contributed by atoms with E-state index in [1.54, 1.807) is 50.6 Å². The van der Waals surface area contributed by atoms with Crippen LogP contribution in [0.4, 0.5) is 5.69 Å². The van der Waals surface area contributed by atoms with Gasteiger partial charge in [-0.1, -0.05) is 0 Å². The van der Waals surface area contributed by atoms with Crippen molar-refractivity contribution in [2.75, 3.05) is 19.5 Å². The zero-order chi connectivity index (χ0) is 20.4. The quantitative estimate of drug-likeness (QED) is 0.485. The van der Waals surface area contributed by atoms with Gasteiger partial charge in [0.15, 0.2) is 11.5 Å². The fourth-order valence-electron chi connectivity index (χ4n) is 3.01. The molecule has 0 aliphatic carbocycles. The number of methoxy groups -OCH3 is 2. The lowest BCUT2D eigenvalue weighted by atomic mass is 10.1. The topological polar surface area (TPSA) is 109 Å². The van der Waals surface area contributed by atoms with E-state index in [1.165, 1.54) is 6.20 Å². The van der Waals surface area contributed by atoms with Gasteiger partial charge >= 0.3 is 5.69 Å². The summed E-state index contributed by atoms with van der Waals surface area (Å²) in [5, 5.41) is 2.80. The van der Waals surface area contributed by atoms with Crippen LogP contribution in [0.15, 0.2) is 59.5 Å². The first-order valence-corrected chi connectivity index (χ1v) is 8.79. The molecule has 0 unspecified atom stereocenters. The van der Waals surface area contributed by atoms with Gasteiger partial charge in [-0.15, -0.1) is 0 Å². The molecule has 0 saturated carbocycles. The normalized spacial score (nSPS) is 10.7. The maximum atomic E-state index is 12.5. The Bertz CT molecular complexity index is 1240. The van der Waals surface area contributed by atoms with Crippen LogP contribution >= 0.6 is 0 Å². The highest BCUT2D eigenvalue weighted by Gasteiger charge is 2.10. The third kappa shape index (κ3) is 3.68.